The predicted molar refractivity (Wildman–Crippen MR) is 52.0 cm³/mol. The number of hydrogen-bond donors (Lipinski definition) is 0. The maximum Gasteiger partial charge on any atom is 0.313 e. The molecule has 2 aromatic rings. The molecule has 14 heavy (non-hydrogen) atoms. The van der Waals surface area contributed by atoms with Gasteiger partial charge in [0.2, 0.25) is 0 Å². The first-order valence-corrected chi connectivity index (χ1v) is 4.48. The van der Waals surface area contributed by atoms with Crippen molar-refractivity contribution in [2.24, 2.45) is 0 Å². The Balaban J connectivity index is 2.47. The molecule has 0 spiro atoms. The van der Waals surface area contributed by atoms with Crippen LogP contribution in [0.3, 0.4) is 0 Å². The summed E-state index contributed by atoms with van der Waals surface area (Å²) in [5.74, 6) is 0.345. The summed E-state index contributed by atoms with van der Waals surface area (Å²) in [5.41, 5.74) is 2.71. The van der Waals surface area contributed by atoms with E-state index in [0.29, 0.717) is 11.6 Å². The molecule has 0 aromatic carbocycles. The molecule has 0 radical (unpaired) electrons. The van der Waals surface area contributed by atoms with Crippen molar-refractivity contribution in [3.05, 3.63) is 28.7 Å². The molecule has 0 amide bonds. The van der Waals surface area contributed by atoms with E-state index < -0.39 is 0 Å². The van der Waals surface area contributed by atoms with Crippen LogP contribution in [0.2, 0.25) is 5.35 Å². The van der Waals surface area contributed by atoms with Crippen LogP contribution in [-0.4, -0.2) is 15.2 Å². The summed E-state index contributed by atoms with van der Waals surface area (Å²) in [5, 5.41) is 7.33. The van der Waals surface area contributed by atoms with E-state index in [1.165, 1.54) is 0 Å². The molecule has 2 heterocycles. The van der Waals surface area contributed by atoms with E-state index in [1.54, 1.807) is 0 Å². The minimum atomic E-state index is 0.0278. The van der Waals surface area contributed by atoms with Gasteiger partial charge < -0.3 is 4.42 Å². The van der Waals surface area contributed by atoms with Crippen LogP contribution < -0.4 is 0 Å². The Morgan fingerprint density at radius 2 is 2.00 bits per heavy atom. The average molecular weight is 210 g/mol. The van der Waals surface area contributed by atoms with Crippen molar-refractivity contribution in [2.45, 2.75) is 13.8 Å². The minimum Gasteiger partial charge on any atom is -0.406 e. The van der Waals surface area contributed by atoms with Crippen molar-refractivity contribution in [1.82, 2.24) is 15.2 Å². The lowest BCUT2D eigenvalue weighted by atomic mass is 10.2. The zero-order valence-corrected chi connectivity index (χ0v) is 8.54. The van der Waals surface area contributed by atoms with Gasteiger partial charge in [-0.2, -0.15) is 0 Å². The van der Waals surface area contributed by atoms with Crippen LogP contribution in [0.15, 0.2) is 16.5 Å². The Hall–Kier alpha value is -1.42. The van der Waals surface area contributed by atoms with E-state index in [1.807, 2.05) is 26.0 Å². The molecule has 0 saturated carbocycles. The third kappa shape index (κ3) is 1.61. The van der Waals surface area contributed by atoms with Crippen molar-refractivity contribution < 1.29 is 4.42 Å². The molecule has 2 aromatic heterocycles. The van der Waals surface area contributed by atoms with Crippen LogP contribution in [0.5, 0.6) is 0 Å². The molecule has 72 valence electrons. The van der Waals surface area contributed by atoms with Gasteiger partial charge in [-0.05, 0) is 37.1 Å². The molecular weight excluding hydrogens is 202 g/mol. The number of hydrogen-bond acceptors (Lipinski definition) is 4. The van der Waals surface area contributed by atoms with Crippen LogP contribution in [0.1, 0.15) is 11.3 Å². The largest absolute Gasteiger partial charge is 0.406 e. The summed E-state index contributed by atoms with van der Waals surface area (Å²) in [6.07, 6.45) is 0. The molecule has 0 aliphatic carbocycles. The van der Waals surface area contributed by atoms with Gasteiger partial charge in [-0.1, -0.05) is 11.2 Å². The van der Waals surface area contributed by atoms with Crippen molar-refractivity contribution in [1.29, 1.82) is 0 Å². The lowest BCUT2D eigenvalue weighted by Gasteiger charge is -1.99. The van der Waals surface area contributed by atoms with Gasteiger partial charge >= 0.3 is 5.35 Å². The first-order chi connectivity index (χ1) is 6.66. The lowest BCUT2D eigenvalue weighted by molar-refractivity contribution is 0.568. The Bertz CT molecular complexity index is 467. The molecule has 0 atom stereocenters. The summed E-state index contributed by atoms with van der Waals surface area (Å²) < 4.78 is 5.05. The standard InChI is InChI=1S/C9H8ClN3O/c1-5-3-4-7(11-6(5)2)8-12-13-9(10)14-8/h3-4H,1-2H3. The van der Waals surface area contributed by atoms with Gasteiger partial charge in [0, 0.05) is 5.69 Å². The molecule has 0 saturated heterocycles. The van der Waals surface area contributed by atoms with Gasteiger partial charge in [0.05, 0.1) is 0 Å². The summed E-state index contributed by atoms with van der Waals surface area (Å²) in [6.45, 7) is 3.92. The Morgan fingerprint density at radius 1 is 1.21 bits per heavy atom. The second kappa shape index (κ2) is 3.38. The Kier molecular flexibility index (Phi) is 2.21. The number of rotatable bonds is 1. The van der Waals surface area contributed by atoms with Gasteiger partial charge in [-0.15, -0.1) is 5.10 Å². The smallest absolute Gasteiger partial charge is 0.313 e. The maximum absolute atomic E-state index is 5.51. The Labute approximate surface area is 85.9 Å². The SMILES string of the molecule is Cc1ccc(-c2nnc(Cl)o2)nc1C. The van der Waals surface area contributed by atoms with Crippen molar-refractivity contribution >= 4 is 11.6 Å². The molecule has 0 bridgehead atoms. The fourth-order valence-corrected chi connectivity index (χ4v) is 1.17. The van der Waals surface area contributed by atoms with E-state index in [9.17, 15) is 0 Å². The highest BCUT2D eigenvalue weighted by atomic mass is 35.5. The maximum atomic E-state index is 5.51. The summed E-state index contributed by atoms with van der Waals surface area (Å²) in [6, 6.07) is 3.78. The van der Waals surface area contributed by atoms with E-state index in [-0.39, 0.29) is 5.35 Å². The van der Waals surface area contributed by atoms with E-state index >= 15 is 0 Å². The molecule has 0 unspecified atom stereocenters. The molecular formula is C9H8ClN3O. The van der Waals surface area contributed by atoms with Crippen molar-refractivity contribution in [2.75, 3.05) is 0 Å². The third-order valence-electron chi connectivity index (χ3n) is 1.97. The van der Waals surface area contributed by atoms with Gasteiger partial charge in [0.1, 0.15) is 5.69 Å². The second-order valence-corrected chi connectivity index (χ2v) is 3.28. The highest BCUT2D eigenvalue weighted by Gasteiger charge is 2.08. The van der Waals surface area contributed by atoms with Crippen LogP contribution in [0, 0.1) is 13.8 Å². The van der Waals surface area contributed by atoms with Gasteiger partial charge in [0.15, 0.2) is 0 Å². The van der Waals surface area contributed by atoms with E-state index in [0.717, 1.165) is 11.3 Å². The zero-order chi connectivity index (χ0) is 10.1. The van der Waals surface area contributed by atoms with Crippen LogP contribution >= 0.6 is 11.6 Å². The van der Waals surface area contributed by atoms with Crippen LogP contribution in [0.4, 0.5) is 0 Å². The molecule has 0 fully saturated rings. The zero-order valence-electron chi connectivity index (χ0n) is 7.78. The third-order valence-corrected chi connectivity index (χ3v) is 2.12. The van der Waals surface area contributed by atoms with E-state index in [4.69, 9.17) is 16.0 Å². The number of aryl methyl sites for hydroxylation is 2. The fraction of sp³-hybridized carbons (Fsp3) is 0.222. The fourth-order valence-electron chi connectivity index (χ4n) is 1.06. The van der Waals surface area contributed by atoms with Crippen LogP contribution in [0.25, 0.3) is 11.6 Å². The average Bonchev–Trinajstić information content (AvgIpc) is 2.57. The van der Waals surface area contributed by atoms with Gasteiger partial charge in [-0.25, -0.2) is 4.98 Å². The number of halogens is 1. The van der Waals surface area contributed by atoms with Gasteiger partial charge in [-0.3, -0.25) is 0 Å². The molecule has 0 aliphatic heterocycles. The number of pyridine rings is 1. The molecule has 4 nitrogen and oxygen atoms in total. The molecule has 0 aliphatic rings. The molecule has 0 N–H and O–H groups in total. The van der Waals surface area contributed by atoms with Crippen LogP contribution in [-0.2, 0) is 0 Å². The lowest BCUT2D eigenvalue weighted by Crippen LogP contribution is -1.90. The molecule has 2 rings (SSSR count). The first-order valence-electron chi connectivity index (χ1n) is 4.10. The molecule has 5 heteroatoms. The quantitative estimate of drug-likeness (QED) is 0.724. The van der Waals surface area contributed by atoms with Gasteiger partial charge in [0.25, 0.3) is 5.89 Å². The summed E-state index contributed by atoms with van der Waals surface area (Å²) in [7, 11) is 0. The second-order valence-electron chi connectivity index (χ2n) is 2.96. The minimum absolute atomic E-state index is 0.0278. The highest BCUT2D eigenvalue weighted by Crippen LogP contribution is 2.18. The van der Waals surface area contributed by atoms with E-state index in [2.05, 4.69) is 15.2 Å². The number of aromatic nitrogens is 3. The van der Waals surface area contributed by atoms with Crippen molar-refractivity contribution in [3.63, 3.8) is 0 Å². The Morgan fingerprint density at radius 3 is 2.57 bits per heavy atom. The summed E-state index contributed by atoms with van der Waals surface area (Å²) >= 11 is 5.51. The van der Waals surface area contributed by atoms with Crippen molar-refractivity contribution in [3.8, 4) is 11.6 Å². The first kappa shape index (κ1) is 9.15. The normalized spacial score (nSPS) is 10.5. The summed E-state index contributed by atoms with van der Waals surface area (Å²) in [4.78, 5) is 4.30. The number of nitrogens with zero attached hydrogens (tertiary/aromatic N) is 3. The monoisotopic (exact) mass is 209 g/mol. The topological polar surface area (TPSA) is 51.8 Å². The predicted octanol–water partition coefficient (Wildman–Crippen LogP) is 2.40. The highest BCUT2D eigenvalue weighted by molar-refractivity contribution is 6.27.